The second kappa shape index (κ2) is 6.65. The van der Waals surface area contributed by atoms with Crippen molar-refractivity contribution in [2.75, 3.05) is 12.4 Å². The van der Waals surface area contributed by atoms with E-state index in [1.165, 1.54) is 12.1 Å². The first-order valence-corrected chi connectivity index (χ1v) is 6.77. The Morgan fingerprint density at radius 3 is 2.57 bits per heavy atom. The molecule has 7 heteroatoms. The predicted octanol–water partition coefficient (Wildman–Crippen LogP) is 4.52. The molecular weight excluding hydrogens is 315 g/mol. The number of nitro benzene ring substituents is 1. The summed E-state index contributed by atoms with van der Waals surface area (Å²) in [4.78, 5) is 10.2. The molecule has 0 saturated carbocycles. The highest BCUT2D eigenvalue weighted by molar-refractivity contribution is 6.33. The van der Waals surface area contributed by atoms with Crippen molar-refractivity contribution >= 4 is 34.6 Å². The van der Waals surface area contributed by atoms with Crippen molar-refractivity contribution < 1.29 is 9.66 Å². The maximum atomic E-state index is 10.7. The molecule has 0 aliphatic carbocycles. The van der Waals surface area contributed by atoms with E-state index in [-0.39, 0.29) is 5.69 Å². The molecule has 0 radical (unpaired) electrons. The molecule has 0 atom stereocenters. The molecule has 0 aliphatic heterocycles. The van der Waals surface area contributed by atoms with Crippen molar-refractivity contribution in [1.82, 2.24) is 0 Å². The van der Waals surface area contributed by atoms with Crippen LogP contribution >= 0.6 is 23.2 Å². The quantitative estimate of drug-likeness (QED) is 0.648. The molecule has 0 heterocycles. The first-order valence-electron chi connectivity index (χ1n) is 6.01. The average molecular weight is 327 g/mol. The Labute approximate surface area is 131 Å². The number of nitrogens with zero attached hydrogens (tertiary/aromatic N) is 1. The van der Waals surface area contributed by atoms with Gasteiger partial charge in [-0.3, -0.25) is 10.1 Å². The topological polar surface area (TPSA) is 64.4 Å². The normalized spacial score (nSPS) is 10.2. The number of methoxy groups -OCH3 is 1. The zero-order valence-corrected chi connectivity index (χ0v) is 12.6. The van der Waals surface area contributed by atoms with Crippen molar-refractivity contribution in [2.24, 2.45) is 0 Å². The smallest absolute Gasteiger partial charge is 0.270 e. The molecule has 2 aromatic rings. The van der Waals surface area contributed by atoms with Gasteiger partial charge in [0.05, 0.1) is 27.8 Å². The summed E-state index contributed by atoms with van der Waals surface area (Å²) in [6.07, 6.45) is 0. The van der Waals surface area contributed by atoms with Crippen molar-refractivity contribution in [3.63, 3.8) is 0 Å². The maximum absolute atomic E-state index is 10.7. The minimum atomic E-state index is -0.484. The van der Waals surface area contributed by atoms with Gasteiger partial charge in [-0.25, -0.2) is 0 Å². The zero-order chi connectivity index (χ0) is 15.4. The molecule has 2 rings (SSSR count). The van der Waals surface area contributed by atoms with Gasteiger partial charge in [0, 0.05) is 24.7 Å². The Balaban J connectivity index is 2.15. The van der Waals surface area contributed by atoms with Gasteiger partial charge >= 0.3 is 0 Å². The van der Waals surface area contributed by atoms with Gasteiger partial charge in [-0.2, -0.15) is 0 Å². The third kappa shape index (κ3) is 3.77. The molecule has 0 fully saturated rings. The molecule has 0 amide bonds. The number of nitro groups is 1. The predicted molar refractivity (Wildman–Crippen MR) is 83.4 cm³/mol. The molecule has 21 heavy (non-hydrogen) atoms. The Bertz CT molecular complexity index is 677. The third-order valence-electron chi connectivity index (χ3n) is 2.89. The summed E-state index contributed by atoms with van der Waals surface area (Å²) < 4.78 is 5.13. The van der Waals surface area contributed by atoms with E-state index in [4.69, 9.17) is 27.9 Å². The molecule has 110 valence electrons. The van der Waals surface area contributed by atoms with Crippen LogP contribution in [0, 0.1) is 10.1 Å². The van der Waals surface area contributed by atoms with Gasteiger partial charge in [0.2, 0.25) is 0 Å². The lowest BCUT2D eigenvalue weighted by atomic mass is 10.2. The number of hydrogen-bond acceptors (Lipinski definition) is 4. The van der Waals surface area contributed by atoms with E-state index in [9.17, 15) is 10.1 Å². The number of hydrogen-bond donors (Lipinski definition) is 1. The number of ether oxygens (including phenoxy) is 1. The number of benzene rings is 2. The summed E-state index contributed by atoms with van der Waals surface area (Å²) >= 11 is 12.1. The third-order valence-corrected chi connectivity index (χ3v) is 3.57. The van der Waals surface area contributed by atoms with Crippen LogP contribution in [0.4, 0.5) is 11.4 Å². The Morgan fingerprint density at radius 1 is 1.19 bits per heavy atom. The van der Waals surface area contributed by atoms with E-state index in [1.807, 2.05) is 0 Å². The second-order valence-electron chi connectivity index (χ2n) is 4.23. The summed E-state index contributed by atoms with van der Waals surface area (Å²) in [6, 6.07) is 9.59. The van der Waals surface area contributed by atoms with Crippen LogP contribution in [0.15, 0.2) is 36.4 Å². The van der Waals surface area contributed by atoms with E-state index in [0.29, 0.717) is 28.0 Å². The molecule has 0 saturated heterocycles. The molecule has 5 nitrogen and oxygen atoms in total. The Morgan fingerprint density at radius 2 is 1.95 bits per heavy atom. The minimum absolute atomic E-state index is 0.0387. The number of non-ortho nitro benzene ring substituents is 1. The van der Waals surface area contributed by atoms with E-state index in [0.717, 1.165) is 5.56 Å². The fourth-order valence-electron chi connectivity index (χ4n) is 1.75. The number of halogens is 2. The van der Waals surface area contributed by atoms with Gasteiger partial charge in [-0.15, -0.1) is 0 Å². The molecule has 1 N–H and O–H groups in total. The summed E-state index contributed by atoms with van der Waals surface area (Å²) in [7, 11) is 1.57. The molecular formula is C14H12Cl2N2O3. The van der Waals surface area contributed by atoms with E-state index >= 15 is 0 Å². The van der Waals surface area contributed by atoms with Crippen LogP contribution in [0.1, 0.15) is 5.56 Å². The van der Waals surface area contributed by atoms with Gasteiger partial charge < -0.3 is 10.1 Å². The van der Waals surface area contributed by atoms with Crippen LogP contribution in [0.25, 0.3) is 0 Å². The fourth-order valence-corrected chi connectivity index (χ4v) is 2.18. The van der Waals surface area contributed by atoms with Crippen molar-refractivity contribution in [1.29, 1.82) is 0 Å². The highest BCUT2D eigenvalue weighted by Crippen LogP contribution is 2.28. The highest BCUT2D eigenvalue weighted by atomic mass is 35.5. The van der Waals surface area contributed by atoms with Crippen molar-refractivity contribution in [2.45, 2.75) is 6.54 Å². The molecule has 0 bridgehead atoms. The second-order valence-corrected chi connectivity index (χ2v) is 5.05. The Hall–Kier alpha value is -1.98. The lowest BCUT2D eigenvalue weighted by Gasteiger charge is -2.11. The summed E-state index contributed by atoms with van der Waals surface area (Å²) in [5, 5.41) is 14.7. The van der Waals surface area contributed by atoms with E-state index < -0.39 is 4.92 Å². The summed E-state index contributed by atoms with van der Waals surface area (Å²) in [6.45, 7) is 0.393. The number of rotatable bonds is 5. The first kappa shape index (κ1) is 15.4. The lowest BCUT2D eigenvalue weighted by Crippen LogP contribution is -2.01. The van der Waals surface area contributed by atoms with Gasteiger partial charge in [-0.05, 0) is 23.8 Å². The molecule has 0 unspecified atom stereocenters. The first-order chi connectivity index (χ1) is 10.0. The van der Waals surface area contributed by atoms with Gasteiger partial charge in [-0.1, -0.05) is 23.2 Å². The number of anilines is 1. The maximum Gasteiger partial charge on any atom is 0.270 e. The lowest BCUT2D eigenvalue weighted by molar-refractivity contribution is -0.384. The van der Waals surface area contributed by atoms with Crippen LogP contribution in [-0.2, 0) is 6.54 Å². The monoisotopic (exact) mass is 326 g/mol. The molecule has 2 aromatic carbocycles. The SMILES string of the molecule is COc1ccc(Cl)c(NCc2ccc([N+](=O)[O-])cc2Cl)c1. The Kier molecular flexibility index (Phi) is 4.88. The molecule has 0 aromatic heterocycles. The largest absolute Gasteiger partial charge is 0.497 e. The van der Waals surface area contributed by atoms with Crippen LogP contribution in [0.3, 0.4) is 0 Å². The van der Waals surface area contributed by atoms with E-state index in [1.54, 1.807) is 31.4 Å². The summed E-state index contributed by atoms with van der Waals surface area (Å²) in [5.74, 6) is 0.677. The van der Waals surface area contributed by atoms with Crippen LogP contribution in [-0.4, -0.2) is 12.0 Å². The minimum Gasteiger partial charge on any atom is -0.497 e. The van der Waals surface area contributed by atoms with Crippen molar-refractivity contribution in [3.05, 3.63) is 62.1 Å². The fraction of sp³-hybridized carbons (Fsp3) is 0.143. The van der Waals surface area contributed by atoms with Crippen LogP contribution < -0.4 is 10.1 Å². The van der Waals surface area contributed by atoms with Gasteiger partial charge in [0.25, 0.3) is 5.69 Å². The summed E-state index contributed by atoms with van der Waals surface area (Å²) in [5.41, 5.74) is 1.40. The highest BCUT2D eigenvalue weighted by Gasteiger charge is 2.10. The van der Waals surface area contributed by atoms with Crippen molar-refractivity contribution in [3.8, 4) is 5.75 Å². The average Bonchev–Trinajstić information content (AvgIpc) is 2.47. The number of nitrogens with one attached hydrogen (secondary N) is 1. The van der Waals surface area contributed by atoms with Crippen LogP contribution in [0.2, 0.25) is 10.0 Å². The molecule has 0 aliphatic rings. The standard InChI is InChI=1S/C14H12Cl2N2O3/c1-21-11-4-5-12(15)14(7-11)17-8-9-2-3-10(18(19)20)6-13(9)16/h2-7,17H,8H2,1H3. The van der Waals surface area contributed by atoms with Crippen LogP contribution in [0.5, 0.6) is 5.75 Å². The van der Waals surface area contributed by atoms with E-state index in [2.05, 4.69) is 5.32 Å². The molecule has 0 spiro atoms. The zero-order valence-electron chi connectivity index (χ0n) is 11.1. The van der Waals surface area contributed by atoms with Gasteiger partial charge in [0.15, 0.2) is 0 Å². The van der Waals surface area contributed by atoms with Gasteiger partial charge in [0.1, 0.15) is 5.75 Å².